The zero-order valence-corrected chi connectivity index (χ0v) is 26.0. The van der Waals surface area contributed by atoms with E-state index in [1.54, 1.807) is 44.1 Å². The van der Waals surface area contributed by atoms with Gasteiger partial charge in [-0.15, -0.1) is 11.8 Å². The minimum atomic E-state index is -0.965. The summed E-state index contributed by atoms with van der Waals surface area (Å²) in [7, 11) is 0. The Labute approximate surface area is 256 Å². The molecule has 0 bridgehead atoms. The smallest absolute Gasteiger partial charge is 0.309 e. The molecular formula is C35H37N3O4S. The highest BCUT2D eigenvalue weighted by Crippen LogP contribution is 2.44. The van der Waals surface area contributed by atoms with Crippen LogP contribution in [-0.2, 0) is 24.4 Å². The van der Waals surface area contributed by atoms with Crippen LogP contribution in [0.3, 0.4) is 0 Å². The van der Waals surface area contributed by atoms with E-state index in [9.17, 15) is 15.0 Å². The Hall–Kier alpha value is -4.30. The number of hydrogen-bond acceptors (Lipinski definition) is 6. The Morgan fingerprint density at radius 3 is 2.30 bits per heavy atom. The minimum Gasteiger partial charge on any atom is -0.493 e. The summed E-state index contributed by atoms with van der Waals surface area (Å²) < 4.78 is 8.31. The van der Waals surface area contributed by atoms with Gasteiger partial charge in [-0.3, -0.25) is 9.78 Å². The van der Waals surface area contributed by atoms with E-state index in [0.717, 1.165) is 49.6 Å². The molecule has 0 fully saturated rings. The van der Waals surface area contributed by atoms with Crippen molar-refractivity contribution < 1.29 is 19.7 Å². The Bertz CT molecular complexity index is 1720. The maximum Gasteiger partial charge on any atom is 0.309 e. The highest BCUT2D eigenvalue weighted by molar-refractivity contribution is 8.00. The molecule has 7 nitrogen and oxygen atoms in total. The number of carboxylic acid groups (broad SMARTS) is 1. The fraction of sp³-hybridized carbons (Fsp3) is 0.286. The first-order valence-electron chi connectivity index (χ1n) is 14.2. The highest BCUT2D eigenvalue weighted by Gasteiger charge is 2.33. The van der Waals surface area contributed by atoms with Crippen LogP contribution in [0.1, 0.15) is 51.6 Å². The normalized spacial score (nSPS) is 12.0. The van der Waals surface area contributed by atoms with Crippen molar-refractivity contribution in [2.45, 2.75) is 63.8 Å². The van der Waals surface area contributed by atoms with Gasteiger partial charge in [-0.25, -0.2) is 4.98 Å². The number of nitrogens with zero attached hydrogens (tertiary/aromatic N) is 3. The van der Waals surface area contributed by atoms with Gasteiger partial charge in [0.25, 0.3) is 0 Å². The Morgan fingerprint density at radius 2 is 1.67 bits per heavy atom. The average molecular weight is 596 g/mol. The predicted molar refractivity (Wildman–Crippen MR) is 172 cm³/mol. The second kappa shape index (κ2) is 12.1. The van der Waals surface area contributed by atoms with Crippen LogP contribution in [0, 0.1) is 5.41 Å². The number of aromatic nitrogens is 3. The fourth-order valence-electron chi connectivity index (χ4n) is 4.90. The summed E-state index contributed by atoms with van der Waals surface area (Å²) >= 11 is 1.76. The Morgan fingerprint density at radius 1 is 0.930 bits per heavy atom. The first-order valence-corrected chi connectivity index (χ1v) is 15.1. The van der Waals surface area contributed by atoms with E-state index in [1.807, 2.05) is 42.5 Å². The monoisotopic (exact) mass is 595 g/mol. The lowest BCUT2D eigenvalue weighted by Gasteiger charge is -2.24. The molecule has 43 heavy (non-hydrogen) atoms. The molecule has 0 unspecified atom stereocenters. The number of hydrogen-bond donors (Lipinski definition) is 2. The Balaban J connectivity index is 1.58. The van der Waals surface area contributed by atoms with Crippen LogP contribution in [0.5, 0.6) is 11.6 Å². The van der Waals surface area contributed by atoms with E-state index in [2.05, 4.69) is 59.6 Å². The summed E-state index contributed by atoms with van der Waals surface area (Å²) in [5.41, 5.74) is 4.91. The molecule has 8 heteroatoms. The molecule has 5 rings (SSSR count). The zero-order chi connectivity index (χ0) is 30.8. The van der Waals surface area contributed by atoms with E-state index in [0.29, 0.717) is 19.6 Å². The molecule has 2 N–H and O–H groups in total. The molecule has 0 saturated carbocycles. The number of thioether (sulfide) groups is 1. The molecule has 222 valence electrons. The summed E-state index contributed by atoms with van der Waals surface area (Å²) in [4.78, 5) is 21.8. The summed E-state index contributed by atoms with van der Waals surface area (Å²) in [5, 5.41) is 20.7. The van der Waals surface area contributed by atoms with Gasteiger partial charge in [-0.05, 0) is 61.4 Å². The van der Waals surface area contributed by atoms with Crippen LogP contribution in [0.2, 0.25) is 0 Å². The van der Waals surface area contributed by atoms with Crippen LogP contribution in [-0.4, -0.2) is 35.5 Å². The third kappa shape index (κ3) is 7.20. The van der Waals surface area contributed by atoms with Crippen molar-refractivity contribution in [1.29, 1.82) is 0 Å². The standard InChI is InChI=1S/C35H37N3O4S/c1-34(2,3)43-32-28-18-27(42-22-26-8-6-7-17-36-26)14-15-29(28)38(30(32)19-35(4,5)33(40)41)21-23-9-11-24(12-10-23)25-13-16-31(39)37-20-25/h6-18,20H,19,21-22H2,1-5H3,(H,37,39)(H,40,41). The predicted octanol–water partition coefficient (Wildman–Crippen LogP) is 7.98. The third-order valence-electron chi connectivity index (χ3n) is 7.18. The van der Waals surface area contributed by atoms with Gasteiger partial charge >= 0.3 is 5.97 Å². The van der Waals surface area contributed by atoms with Crippen LogP contribution < -0.4 is 4.74 Å². The molecule has 0 spiro atoms. The Kier molecular flexibility index (Phi) is 8.51. The number of ether oxygens (including phenoxy) is 1. The number of benzene rings is 2. The van der Waals surface area contributed by atoms with E-state index in [-0.39, 0.29) is 10.6 Å². The van der Waals surface area contributed by atoms with Crippen LogP contribution in [0.25, 0.3) is 22.0 Å². The minimum absolute atomic E-state index is 0.00843. The van der Waals surface area contributed by atoms with Crippen molar-refractivity contribution >= 4 is 28.6 Å². The van der Waals surface area contributed by atoms with Gasteiger partial charge < -0.3 is 19.5 Å². The number of carbonyl (C=O) groups is 1. The number of aromatic hydroxyl groups is 1. The SMILES string of the molecule is CC(C)(C)Sc1c(CC(C)(C)C(=O)O)n(Cc2ccc(-c3ccc(O)nc3)cc2)c2ccc(OCc3ccccn3)cc12. The molecule has 5 aromatic rings. The lowest BCUT2D eigenvalue weighted by atomic mass is 9.88. The second-order valence-corrected chi connectivity index (χ2v) is 14.2. The van der Waals surface area contributed by atoms with Crippen molar-refractivity contribution in [1.82, 2.24) is 14.5 Å². The summed E-state index contributed by atoms with van der Waals surface area (Å²) in [5.74, 6) is -0.102. The second-order valence-electron chi connectivity index (χ2n) is 12.3. The third-order valence-corrected chi connectivity index (χ3v) is 8.45. The highest BCUT2D eigenvalue weighted by atomic mass is 32.2. The van der Waals surface area contributed by atoms with E-state index < -0.39 is 11.4 Å². The van der Waals surface area contributed by atoms with E-state index in [4.69, 9.17) is 4.74 Å². The van der Waals surface area contributed by atoms with Gasteiger partial charge in [0.2, 0.25) is 5.88 Å². The molecule has 0 aliphatic rings. The molecule has 0 aliphatic carbocycles. The molecule has 0 radical (unpaired) electrons. The van der Waals surface area contributed by atoms with Crippen molar-refractivity contribution in [3.8, 4) is 22.8 Å². The lowest BCUT2D eigenvalue weighted by molar-refractivity contribution is -0.146. The van der Waals surface area contributed by atoms with E-state index in [1.165, 1.54) is 0 Å². The molecular weight excluding hydrogens is 558 g/mol. The van der Waals surface area contributed by atoms with Gasteiger partial charge in [0.15, 0.2) is 0 Å². The summed E-state index contributed by atoms with van der Waals surface area (Å²) in [6.07, 6.45) is 3.78. The van der Waals surface area contributed by atoms with Crippen LogP contribution in [0.15, 0.2) is 90.1 Å². The molecule has 2 aromatic carbocycles. The number of rotatable bonds is 10. The maximum absolute atomic E-state index is 12.3. The average Bonchev–Trinajstić information content (AvgIpc) is 3.22. The lowest BCUT2D eigenvalue weighted by Crippen LogP contribution is -2.28. The number of carboxylic acids is 1. The molecule has 3 aromatic heterocycles. The molecule has 0 amide bonds. The first kappa shape index (κ1) is 30.2. The van der Waals surface area contributed by atoms with Crippen molar-refractivity contribution in [3.05, 3.63) is 102 Å². The van der Waals surface area contributed by atoms with Gasteiger partial charge in [-0.1, -0.05) is 51.1 Å². The van der Waals surface area contributed by atoms with E-state index >= 15 is 0 Å². The van der Waals surface area contributed by atoms with Gasteiger partial charge in [0, 0.05) is 63.2 Å². The molecule has 0 saturated heterocycles. The van der Waals surface area contributed by atoms with Crippen molar-refractivity contribution in [2.75, 3.05) is 0 Å². The topological polar surface area (TPSA) is 97.5 Å². The zero-order valence-electron chi connectivity index (χ0n) is 25.2. The summed E-state index contributed by atoms with van der Waals surface area (Å²) in [6, 6.07) is 23.6. The van der Waals surface area contributed by atoms with Crippen LogP contribution >= 0.6 is 11.8 Å². The maximum atomic E-state index is 12.3. The number of aliphatic carboxylic acids is 1. The first-order chi connectivity index (χ1) is 20.4. The van der Waals surface area contributed by atoms with Crippen molar-refractivity contribution in [2.24, 2.45) is 5.41 Å². The van der Waals surface area contributed by atoms with Gasteiger partial charge in [-0.2, -0.15) is 0 Å². The largest absolute Gasteiger partial charge is 0.493 e. The molecule has 3 heterocycles. The number of fused-ring (bicyclic) bond motifs is 1. The quantitative estimate of drug-likeness (QED) is 0.158. The van der Waals surface area contributed by atoms with Crippen molar-refractivity contribution in [3.63, 3.8) is 0 Å². The molecule has 0 atom stereocenters. The van der Waals surface area contributed by atoms with Gasteiger partial charge in [0.1, 0.15) is 12.4 Å². The molecule has 0 aliphatic heterocycles. The number of pyridine rings is 2. The fourth-order valence-corrected chi connectivity index (χ4v) is 6.08. The van der Waals surface area contributed by atoms with Gasteiger partial charge in [0.05, 0.1) is 11.1 Å². The summed E-state index contributed by atoms with van der Waals surface area (Å²) in [6.45, 7) is 11.0. The van der Waals surface area contributed by atoms with Crippen LogP contribution in [0.4, 0.5) is 0 Å².